The number of rotatable bonds is 4. The number of thiazole rings is 1. The maximum atomic E-state index is 13.3. The van der Waals surface area contributed by atoms with Gasteiger partial charge in [0, 0.05) is 17.0 Å². The highest BCUT2D eigenvalue weighted by Gasteiger charge is 2.14. The molecule has 0 fully saturated rings. The lowest BCUT2D eigenvalue weighted by Crippen LogP contribution is -2.13. The van der Waals surface area contributed by atoms with E-state index in [2.05, 4.69) is 10.3 Å². The number of phenols is 2. The average Bonchev–Trinajstić information content (AvgIpc) is 3.10. The fourth-order valence-corrected chi connectivity index (χ4v) is 2.99. The third-order valence-corrected chi connectivity index (χ3v) is 4.32. The van der Waals surface area contributed by atoms with Crippen LogP contribution in [0.3, 0.4) is 0 Å². The second kappa shape index (κ2) is 7.85. The number of aromatic nitrogens is 1. The first kappa shape index (κ1) is 19.0. The number of amides is 1. The lowest BCUT2D eigenvalue weighted by molar-refractivity contribution is -0.112. The summed E-state index contributed by atoms with van der Waals surface area (Å²) in [6.07, 6.45) is 1.23. The highest BCUT2D eigenvalue weighted by Crippen LogP contribution is 2.28. The molecule has 1 heterocycles. The molecule has 2 aromatic carbocycles. The Kier molecular flexibility index (Phi) is 5.33. The molecule has 0 aliphatic heterocycles. The molecule has 0 atom stereocenters. The molecule has 28 heavy (non-hydrogen) atoms. The van der Waals surface area contributed by atoms with Crippen LogP contribution in [0.5, 0.6) is 11.5 Å². The number of halogens is 2. The standard InChI is InChI=1S/C19H11F2N3O3S/c20-13-5-11(6-14(21)7-13)15-9-28-19(23-15)24-18(27)12(8-22)3-10-1-2-16(25)17(26)4-10/h1-7,9,25-26H,(H,23,24,27)/b12-3+. The van der Waals surface area contributed by atoms with Crippen molar-refractivity contribution in [3.05, 3.63) is 64.5 Å². The summed E-state index contributed by atoms with van der Waals surface area (Å²) in [4.78, 5) is 16.4. The van der Waals surface area contributed by atoms with Crippen LogP contribution in [0.2, 0.25) is 0 Å². The van der Waals surface area contributed by atoms with Gasteiger partial charge in [-0.05, 0) is 35.9 Å². The number of aromatic hydroxyl groups is 2. The summed E-state index contributed by atoms with van der Waals surface area (Å²) in [7, 11) is 0. The zero-order valence-corrected chi connectivity index (χ0v) is 14.8. The molecular weight excluding hydrogens is 388 g/mol. The summed E-state index contributed by atoms with van der Waals surface area (Å²) in [6, 6.07) is 8.54. The number of hydrogen-bond donors (Lipinski definition) is 3. The van der Waals surface area contributed by atoms with Crippen molar-refractivity contribution >= 4 is 28.5 Å². The first-order valence-corrected chi connectivity index (χ1v) is 8.61. The van der Waals surface area contributed by atoms with Gasteiger partial charge < -0.3 is 10.2 Å². The van der Waals surface area contributed by atoms with E-state index in [0.29, 0.717) is 5.56 Å². The van der Waals surface area contributed by atoms with Gasteiger partial charge in [-0.2, -0.15) is 5.26 Å². The molecule has 6 nitrogen and oxygen atoms in total. The van der Waals surface area contributed by atoms with Crippen LogP contribution in [0.25, 0.3) is 17.3 Å². The van der Waals surface area contributed by atoms with Gasteiger partial charge in [-0.25, -0.2) is 13.8 Å². The fourth-order valence-electron chi connectivity index (χ4n) is 2.28. The summed E-state index contributed by atoms with van der Waals surface area (Å²) < 4.78 is 26.7. The van der Waals surface area contributed by atoms with Crippen LogP contribution in [0.4, 0.5) is 13.9 Å². The molecule has 3 rings (SSSR count). The van der Waals surface area contributed by atoms with Gasteiger partial charge >= 0.3 is 0 Å². The Labute approximate surface area is 161 Å². The van der Waals surface area contributed by atoms with E-state index in [4.69, 9.17) is 0 Å². The third-order valence-electron chi connectivity index (χ3n) is 3.56. The Morgan fingerprint density at radius 3 is 2.50 bits per heavy atom. The van der Waals surface area contributed by atoms with Crippen LogP contribution in [0.1, 0.15) is 5.56 Å². The van der Waals surface area contributed by atoms with Crippen molar-refractivity contribution in [3.8, 4) is 28.8 Å². The minimum atomic E-state index is -0.750. The van der Waals surface area contributed by atoms with E-state index < -0.39 is 23.3 Å². The lowest BCUT2D eigenvalue weighted by Gasteiger charge is -2.02. The Morgan fingerprint density at radius 2 is 1.86 bits per heavy atom. The predicted octanol–water partition coefficient (Wildman–Crippen LogP) is 4.05. The zero-order chi connectivity index (χ0) is 20.3. The molecule has 0 radical (unpaired) electrons. The molecule has 0 unspecified atom stereocenters. The topological polar surface area (TPSA) is 106 Å². The van der Waals surface area contributed by atoms with Crippen LogP contribution in [0.15, 0.2) is 47.4 Å². The molecule has 3 aromatic rings. The Hall–Kier alpha value is -3.77. The van der Waals surface area contributed by atoms with Gasteiger partial charge in [0.25, 0.3) is 5.91 Å². The number of carbonyl (C=O) groups is 1. The quantitative estimate of drug-likeness (QED) is 0.349. The molecule has 0 bridgehead atoms. The predicted molar refractivity (Wildman–Crippen MR) is 99.5 cm³/mol. The van der Waals surface area contributed by atoms with Gasteiger partial charge in [-0.1, -0.05) is 6.07 Å². The number of phenolic OH excluding ortho intramolecular Hbond substituents is 2. The Balaban J connectivity index is 1.80. The number of nitrogens with one attached hydrogen (secondary N) is 1. The smallest absolute Gasteiger partial charge is 0.268 e. The molecule has 1 amide bonds. The van der Waals surface area contributed by atoms with Crippen LogP contribution in [-0.2, 0) is 4.79 Å². The van der Waals surface area contributed by atoms with Crippen LogP contribution in [-0.4, -0.2) is 21.1 Å². The molecule has 0 saturated carbocycles. The number of benzene rings is 2. The highest BCUT2D eigenvalue weighted by atomic mass is 32.1. The second-order valence-corrected chi connectivity index (χ2v) is 6.43. The van der Waals surface area contributed by atoms with Crippen LogP contribution in [0, 0.1) is 23.0 Å². The monoisotopic (exact) mass is 399 g/mol. The van der Waals surface area contributed by atoms with E-state index >= 15 is 0 Å². The van der Waals surface area contributed by atoms with Crippen molar-refractivity contribution in [2.45, 2.75) is 0 Å². The van der Waals surface area contributed by atoms with Gasteiger partial charge in [-0.3, -0.25) is 10.1 Å². The zero-order valence-electron chi connectivity index (χ0n) is 14.0. The molecule has 0 spiro atoms. The van der Waals surface area contributed by atoms with Crippen molar-refractivity contribution in [3.63, 3.8) is 0 Å². The summed E-state index contributed by atoms with van der Waals surface area (Å²) in [5.74, 6) is -2.97. The fraction of sp³-hybridized carbons (Fsp3) is 0. The maximum absolute atomic E-state index is 13.3. The van der Waals surface area contributed by atoms with Gasteiger partial charge in [-0.15, -0.1) is 11.3 Å². The van der Waals surface area contributed by atoms with E-state index in [9.17, 15) is 29.1 Å². The van der Waals surface area contributed by atoms with Gasteiger partial charge in [0.2, 0.25) is 0 Å². The number of carbonyl (C=O) groups excluding carboxylic acids is 1. The van der Waals surface area contributed by atoms with Crippen molar-refractivity contribution in [1.29, 1.82) is 5.26 Å². The Morgan fingerprint density at radius 1 is 1.14 bits per heavy atom. The Bertz CT molecular complexity index is 1120. The molecule has 9 heteroatoms. The first-order chi connectivity index (χ1) is 13.4. The minimum Gasteiger partial charge on any atom is -0.504 e. The molecular formula is C19H11F2N3O3S. The van der Waals surface area contributed by atoms with E-state index in [1.54, 1.807) is 6.07 Å². The van der Waals surface area contributed by atoms with Crippen molar-refractivity contribution < 1.29 is 23.8 Å². The summed E-state index contributed by atoms with van der Waals surface area (Å²) in [5.41, 5.74) is 0.546. The molecule has 0 aliphatic carbocycles. The van der Waals surface area contributed by atoms with Crippen LogP contribution >= 0.6 is 11.3 Å². The lowest BCUT2D eigenvalue weighted by atomic mass is 10.1. The number of anilines is 1. The highest BCUT2D eigenvalue weighted by molar-refractivity contribution is 7.14. The maximum Gasteiger partial charge on any atom is 0.268 e. The largest absolute Gasteiger partial charge is 0.504 e. The summed E-state index contributed by atoms with van der Waals surface area (Å²) in [5, 5.41) is 32.1. The van der Waals surface area contributed by atoms with E-state index in [-0.39, 0.29) is 27.7 Å². The molecule has 1 aromatic heterocycles. The van der Waals surface area contributed by atoms with Crippen molar-refractivity contribution in [2.24, 2.45) is 0 Å². The normalized spacial score (nSPS) is 11.1. The number of nitrogens with zero attached hydrogens (tertiary/aromatic N) is 2. The van der Waals surface area contributed by atoms with E-state index in [1.807, 2.05) is 0 Å². The molecule has 140 valence electrons. The summed E-state index contributed by atoms with van der Waals surface area (Å²) >= 11 is 1.03. The van der Waals surface area contributed by atoms with Gasteiger partial charge in [0.15, 0.2) is 16.6 Å². The van der Waals surface area contributed by atoms with Gasteiger partial charge in [0.05, 0.1) is 5.69 Å². The minimum absolute atomic E-state index is 0.138. The SMILES string of the molecule is N#C/C(=C\c1ccc(O)c(O)c1)C(=O)Nc1nc(-c2cc(F)cc(F)c2)cs1. The molecule has 0 aliphatic rings. The van der Waals surface area contributed by atoms with Crippen molar-refractivity contribution in [1.82, 2.24) is 4.98 Å². The third kappa shape index (κ3) is 4.31. The number of nitriles is 1. The van der Waals surface area contributed by atoms with Crippen LogP contribution < -0.4 is 5.32 Å². The van der Waals surface area contributed by atoms with Crippen molar-refractivity contribution in [2.75, 3.05) is 5.32 Å². The summed E-state index contributed by atoms with van der Waals surface area (Å²) in [6.45, 7) is 0. The van der Waals surface area contributed by atoms with Gasteiger partial charge in [0.1, 0.15) is 23.3 Å². The number of hydrogen-bond acceptors (Lipinski definition) is 6. The average molecular weight is 399 g/mol. The van der Waals surface area contributed by atoms with E-state index in [1.165, 1.54) is 29.7 Å². The molecule has 3 N–H and O–H groups in total. The molecule has 0 saturated heterocycles. The second-order valence-electron chi connectivity index (χ2n) is 5.57. The van der Waals surface area contributed by atoms with E-state index in [0.717, 1.165) is 29.5 Å². The first-order valence-electron chi connectivity index (χ1n) is 7.73.